The number of hydrogen-bond donors (Lipinski definition) is 2. The first-order valence-corrected chi connectivity index (χ1v) is 11.4. The van der Waals surface area contributed by atoms with Crippen molar-refractivity contribution in [3.8, 4) is 0 Å². The highest BCUT2D eigenvalue weighted by Crippen LogP contribution is 2.15. The van der Waals surface area contributed by atoms with Gasteiger partial charge in [-0.2, -0.15) is 0 Å². The van der Waals surface area contributed by atoms with Crippen molar-refractivity contribution < 1.29 is 0 Å². The number of aliphatic imine (C=N–C) groups is 1. The molecule has 0 atom stereocenters. The summed E-state index contributed by atoms with van der Waals surface area (Å²) in [5.74, 6) is 2.80. The van der Waals surface area contributed by atoms with Crippen molar-refractivity contribution in [2.24, 2.45) is 4.99 Å². The number of hydrogen-bond acceptors (Lipinski definition) is 4. The second-order valence-corrected chi connectivity index (χ2v) is 8.13. The van der Waals surface area contributed by atoms with Crippen molar-refractivity contribution in [2.75, 3.05) is 18.8 Å². The van der Waals surface area contributed by atoms with E-state index in [1.807, 2.05) is 17.8 Å². The lowest BCUT2D eigenvalue weighted by Crippen LogP contribution is -2.40. The van der Waals surface area contributed by atoms with Crippen molar-refractivity contribution in [1.29, 1.82) is 0 Å². The third-order valence-electron chi connectivity index (χ3n) is 4.60. The van der Waals surface area contributed by atoms with Gasteiger partial charge in [0.15, 0.2) is 5.96 Å². The molecule has 0 aliphatic heterocycles. The molecule has 0 spiro atoms. The minimum Gasteiger partial charge on any atom is -0.356 e. The van der Waals surface area contributed by atoms with Gasteiger partial charge in [0.25, 0.3) is 0 Å². The summed E-state index contributed by atoms with van der Waals surface area (Å²) in [6.07, 6.45) is 2.66. The first kappa shape index (κ1) is 21.9. The Morgan fingerprint density at radius 2 is 1.80 bits per heavy atom. The highest BCUT2D eigenvalue weighted by atomic mass is 32.2. The van der Waals surface area contributed by atoms with Gasteiger partial charge >= 0.3 is 0 Å². The van der Waals surface area contributed by atoms with Crippen molar-refractivity contribution in [1.82, 2.24) is 25.4 Å². The number of aryl methyl sites for hydroxylation is 2. The molecule has 7 heteroatoms. The number of benzene rings is 2. The van der Waals surface area contributed by atoms with Gasteiger partial charge in [0.1, 0.15) is 12.2 Å². The summed E-state index contributed by atoms with van der Waals surface area (Å²) in [5, 5.41) is 15.0. The fourth-order valence-corrected chi connectivity index (χ4v) is 3.72. The number of rotatable bonds is 10. The topological polar surface area (TPSA) is 67.1 Å². The molecule has 1 aromatic heterocycles. The summed E-state index contributed by atoms with van der Waals surface area (Å²) < 4.78 is 2.08. The second kappa shape index (κ2) is 12.0. The number of thioether (sulfide) groups is 1. The molecule has 3 aromatic rings. The maximum absolute atomic E-state index is 4.77. The van der Waals surface area contributed by atoms with E-state index in [0.717, 1.165) is 43.6 Å². The number of aromatic nitrogens is 3. The van der Waals surface area contributed by atoms with Crippen LogP contribution in [-0.2, 0) is 19.5 Å². The van der Waals surface area contributed by atoms with Crippen LogP contribution >= 0.6 is 11.8 Å². The lowest BCUT2D eigenvalue weighted by Gasteiger charge is -2.13. The molecule has 0 aliphatic carbocycles. The molecule has 1 heterocycles. The summed E-state index contributed by atoms with van der Waals surface area (Å²) in [7, 11) is 0. The Morgan fingerprint density at radius 1 is 1.03 bits per heavy atom. The average Bonchev–Trinajstić information content (AvgIpc) is 3.24. The molecule has 0 fully saturated rings. The number of nitrogens with zero attached hydrogens (tertiary/aromatic N) is 4. The normalized spacial score (nSPS) is 11.5. The zero-order chi connectivity index (χ0) is 21.0. The van der Waals surface area contributed by atoms with E-state index in [0.29, 0.717) is 6.54 Å². The highest BCUT2D eigenvalue weighted by molar-refractivity contribution is 7.99. The standard InChI is InChI=1S/C23H30N6S/c1-3-22-28-27-18-29(22)15-13-24-23(26-17-20-11-9-19(2)10-12-20)25-14-16-30-21-7-5-4-6-8-21/h4-12,18H,3,13-17H2,1-2H3,(H2,24,25,26). The Kier molecular flexibility index (Phi) is 8.78. The van der Waals surface area contributed by atoms with Crippen molar-refractivity contribution >= 4 is 17.7 Å². The molecule has 0 saturated carbocycles. The highest BCUT2D eigenvalue weighted by Gasteiger charge is 2.03. The summed E-state index contributed by atoms with van der Waals surface area (Å²) in [5.41, 5.74) is 2.46. The van der Waals surface area contributed by atoms with E-state index in [2.05, 4.69) is 87.8 Å². The van der Waals surface area contributed by atoms with Gasteiger partial charge in [-0.3, -0.25) is 0 Å². The van der Waals surface area contributed by atoms with E-state index >= 15 is 0 Å². The van der Waals surface area contributed by atoms with Crippen LogP contribution in [0.15, 0.2) is 70.8 Å². The third kappa shape index (κ3) is 7.22. The van der Waals surface area contributed by atoms with E-state index < -0.39 is 0 Å². The monoisotopic (exact) mass is 422 g/mol. The fourth-order valence-electron chi connectivity index (χ4n) is 2.93. The van der Waals surface area contributed by atoms with Crippen LogP contribution in [0.4, 0.5) is 0 Å². The minimum absolute atomic E-state index is 0.647. The predicted molar refractivity (Wildman–Crippen MR) is 125 cm³/mol. The van der Waals surface area contributed by atoms with Gasteiger partial charge in [-0.25, -0.2) is 4.99 Å². The van der Waals surface area contributed by atoms with Crippen LogP contribution in [0.2, 0.25) is 0 Å². The lowest BCUT2D eigenvalue weighted by atomic mass is 10.1. The van der Waals surface area contributed by atoms with Gasteiger partial charge in [-0.05, 0) is 24.6 Å². The molecule has 0 radical (unpaired) electrons. The Bertz CT molecular complexity index is 905. The van der Waals surface area contributed by atoms with Crippen molar-refractivity contribution in [3.63, 3.8) is 0 Å². The van der Waals surface area contributed by atoms with E-state index in [-0.39, 0.29) is 0 Å². The van der Waals surface area contributed by atoms with Gasteiger partial charge in [-0.1, -0.05) is 55.0 Å². The average molecular weight is 423 g/mol. The van der Waals surface area contributed by atoms with Crippen molar-refractivity contribution in [3.05, 3.63) is 77.9 Å². The summed E-state index contributed by atoms with van der Waals surface area (Å²) in [6.45, 7) is 7.24. The molecule has 158 valence electrons. The Labute approximate surface area is 183 Å². The quantitative estimate of drug-likeness (QED) is 0.226. The number of guanidine groups is 1. The first-order valence-electron chi connectivity index (χ1n) is 10.4. The first-order chi connectivity index (χ1) is 14.7. The van der Waals surface area contributed by atoms with E-state index in [9.17, 15) is 0 Å². The largest absolute Gasteiger partial charge is 0.356 e. The van der Waals surface area contributed by atoms with Crippen LogP contribution in [0.25, 0.3) is 0 Å². The molecular weight excluding hydrogens is 392 g/mol. The molecule has 0 bridgehead atoms. The molecule has 30 heavy (non-hydrogen) atoms. The molecule has 3 rings (SSSR count). The second-order valence-electron chi connectivity index (χ2n) is 6.96. The summed E-state index contributed by atoms with van der Waals surface area (Å²) in [4.78, 5) is 6.06. The van der Waals surface area contributed by atoms with Gasteiger partial charge < -0.3 is 15.2 Å². The number of nitrogens with one attached hydrogen (secondary N) is 2. The van der Waals surface area contributed by atoms with Gasteiger partial charge in [0.2, 0.25) is 0 Å². The zero-order valence-corrected chi connectivity index (χ0v) is 18.5. The Hall–Kier alpha value is -2.80. The molecule has 2 aromatic carbocycles. The van der Waals surface area contributed by atoms with E-state index in [1.54, 1.807) is 6.33 Å². The van der Waals surface area contributed by atoms with Crippen LogP contribution in [0, 0.1) is 6.92 Å². The summed E-state index contributed by atoms with van der Waals surface area (Å²) >= 11 is 1.84. The molecule has 6 nitrogen and oxygen atoms in total. The van der Waals surface area contributed by atoms with Gasteiger partial charge in [0, 0.05) is 36.7 Å². The maximum atomic E-state index is 4.77. The minimum atomic E-state index is 0.647. The third-order valence-corrected chi connectivity index (χ3v) is 5.62. The molecule has 0 amide bonds. The molecule has 0 saturated heterocycles. The van der Waals surface area contributed by atoms with Crippen molar-refractivity contribution in [2.45, 2.75) is 38.3 Å². The zero-order valence-electron chi connectivity index (χ0n) is 17.7. The fraction of sp³-hybridized carbons (Fsp3) is 0.348. The van der Waals surface area contributed by atoms with Gasteiger partial charge in [0.05, 0.1) is 6.54 Å². The smallest absolute Gasteiger partial charge is 0.191 e. The Morgan fingerprint density at radius 3 is 2.57 bits per heavy atom. The summed E-state index contributed by atoms with van der Waals surface area (Å²) in [6, 6.07) is 19.0. The molecule has 0 aliphatic rings. The van der Waals surface area contributed by atoms with Crippen LogP contribution in [-0.4, -0.2) is 39.6 Å². The van der Waals surface area contributed by atoms with Gasteiger partial charge in [-0.15, -0.1) is 22.0 Å². The van der Waals surface area contributed by atoms with Crippen LogP contribution < -0.4 is 10.6 Å². The lowest BCUT2D eigenvalue weighted by molar-refractivity contribution is 0.633. The maximum Gasteiger partial charge on any atom is 0.191 e. The Balaban J connectivity index is 1.52. The van der Waals surface area contributed by atoms with Crippen LogP contribution in [0.5, 0.6) is 0 Å². The SMILES string of the molecule is CCc1nncn1CCNC(=NCc1ccc(C)cc1)NCCSc1ccccc1. The predicted octanol–water partition coefficient (Wildman–Crippen LogP) is 3.68. The van der Waals surface area contributed by atoms with Crippen LogP contribution in [0.3, 0.4) is 0 Å². The van der Waals surface area contributed by atoms with E-state index in [1.165, 1.54) is 16.0 Å². The molecule has 0 unspecified atom stereocenters. The molecular formula is C23H30N6S. The van der Waals surface area contributed by atoms with Crippen LogP contribution in [0.1, 0.15) is 23.9 Å². The molecule has 2 N–H and O–H groups in total. The van der Waals surface area contributed by atoms with E-state index in [4.69, 9.17) is 4.99 Å².